The van der Waals surface area contributed by atoms with Crippen molar-refractivity contribution in [1.82, 2.24) is 9.97 Å². The van der Waals surface area contributed by atoms with Gasteiger partial charge in [-0.3, -0.25) is 4.98 Å². The summed E-state index contributed by atoms with van der Waals surface area (Å²) in [6.45, 7) is 2.17. The molecule has 0 fully saturated rings. The van der Waals surface area contributed by atoms with Gasteiger partial charge in [0.05, 0.1) is 12.4 Å². The molecule has 0 atom stereocenters. The number of unbranched alkanes of at least 4 members (excludes halogenated alkanes) is 1. The molecule has 2 nitrogen and oxygen atoms in total. The molecule has 0 saturated carbocycles. The summed E-state index contributed by atoms with van der Waals surface area (Å²) >= 11 is 7.37. The van der Waals surface area contributed by atoms with Gasteiger partial charge in [0.2, 0.25) is 0 Å². The molecule has 12 heavy (non-hydrogen) atoms. The van der Waals surface area contributed by atoms with E-state index in [2.05, 4.69) is 16.9 Å². The Balaban J connectivity index is 2.41. The molecule has 0 unspecified atom stereocenters. The highest BCUT2D eigenvalue weighted by atomic mass is 35.5. The predicted octanol–water partition coefficient (Wildman–Crippen LogP) is 3.02. The van der Waals surface area contributed by atoms with E-state index in [1.807, 2.05) is 0 Å². The zero-order valence-corrected chi connectivity index (χ0v) is 8.53. The van der Waals surface area contributed by atoms with Gasteiger partial charge in [-0.05, 0) is 12.2 Å². The summed E-state index contributed by atoms with van der Waals surface area (Å²) in [6, 6.07) is 0. The van der Waals surface area contributed by atoms with Crippen LogP contribution in [0.1, 0.15) is 19.8 Å². The molecule has 0 N–H and O–H groups in total. The van der Waals surface area contributed by atoms with Gasteiger partial charge < -0.3 is 0 Å². The second-order valence-electron chi connectivity index (χ2n) is 2.38. The maximum Gasteiger partial charge on any atom is 0.148 e. The lowest BCUT2D eigenvalue weighted by molar-refractivity contribution is 0.893. The molecule has 1 aromatic rings. The third-order valence-corrected chi connectivity index (χ3v) is 2.50. The molecule has 0 radical (unpaired) electrons. The maximum atomic E-state index is 5.67. The Kier molecular flexibility index (Phi) is 4.40. The van der Waals surface area contributed by atoms with Crippen molar-refractivity contribution < 1.29 is 0 Å². The minimum atomic E-state index is 0.469. The van der Waals surface area contributed by atoms with Crippen molar-refractivity contribution in [3.05, 3.63) is 17.5 Å². The summed E-state index contributed by atoms with van der Waals surface area (Å²) in [7, 11) is 0. The third kappa shape index (κ3) is 3.41. The van der Waals surface area contributed by atoms with Crippen LogP contribution in [0.2, 0.25) is 5.15 Å². The van der Waals surface area contributed by atoms with Gasteiger partial charge in [0.1, 0.15) is 10.2 Å². The Morgan fingerprint density at radius 1 is 1.50 bits per heavy atom. The van der Waals surface area contributed by atoms with Gasteiger partial charge in [-0.1, -0.05) is 24.9 Å². The second kappa shape index (κ2) is 5.38. The van der Waals surface area contributed by atoms with Crippen molar-refractivity contribution in [2.75, 3.05) is 5.75 Å². The quantitative estimate of drug-likeness (QED) is 0.555. The molecular weight excluding hydrogens is 192 g/mol. The first-order valence-electron chi connectivity index (χ1n) is 3.93. The van der Waals surface area contributed by atoms with E-state index in [9.17, 15) is 0 Å². The van der Waals surface area contributed by atoms with Crippen molar-refractivity contribution >= 4 is 23.4 Å². The first-order chi connectivity index (χ1) is 5.83. The van der Waals surface area contributed by atoms with Crippen molar-refractivity contribution in [3.8, 4) is 0 Å². The average Bonchev–Trinajstić information content (AvgIpc) is 2.05. The van der Waals surface area contributed by atoms with Crippen LogP contribution < -0.4 is 0 Å². The van der Waals surface area contributed by atoms with Gasteiger partial charge >= 0.3 is 0 Å². The van der Waals surface area contributed by atoms with Crippen LogP contribution in [-0.2, 0) is 0 Å². The minimum Gasteiger partial charge on any atom is -0.259 e. The summed E-state index contributed by atoms with van der Waals surface area (Å²) in [5.41, 5.74) is 0. The number of nitrogens with zero attached hydrogens (tertiary/aromatic N) is 2. The number of hydrogen-bond donors (Lipinski definition) is 0. The second-order valence-corrected chi connectivity index (χ2v) is 3.88. The average molecular weight is 203 g/mol. The highest BCUT2D eigenvalue weighted by Gasteiger charge is 1.96. The fourth-order valence-electron chi connectivity index (χ4n) is 0.716. The molecular formula is C8H11ClN2S. The van der Waals surface area contributed by atoms with E-state index in [0.29, 0.717) is 5.15 Å². The van der Waals surface area contributed by atoms with Crippen molar-refractivity contribution in [2.45, 2.75) is 24.8 Å². The number of rotatable bonds is 4. The SMILES string of the molecule is CCCCSc1cncc(Cl)n1. The van der Waals surface area contributed by atoms with Crippen LogP contribution in [0.5, 0.6) is 0 Å². The van der Waals surface area contributed by atoms with E-state index in [-0.39, 0.29) is 0 Å². The third-order valence-electron chi connectivity index (χ3n) is 1.33. The van der Waals surface area contributed by atoms with Gasteiger partial charge in [-0.25, -0.2) is 4.98 Å². The Morgan fingerprint density at radius 3 is 3.00 bits per heavy atom. The summed E-state index contributed by atoms with van der Waals surface area (Å²) in [4.78, 5) is 8.06. The molecule has 0 aliphatic heterocycles. The van der Waals surface area contributed by atoms with Crippen LogP contribution in [0.4, 0.5) is 0 Å². The van der Waals surface area contributed by atoms with Gasteiger partial charge in [0.25, 0.3) is 0 Å². The van der Waals surface area contributed by atoms with Crippen LogP contribution in [-0.4, -0.2) is 15.7 Å². The lowest BCUT2D eigenvalue weighted by Crippen LogP contribution is -1.85. The first-order valence-corrected chi connectivity index (χ1v) is 5.29. The lowest BCUT2D eigenvalue weighted by atomic mass is 10.4. The Bertz CT molecular complexity index is 242. The van der Waals surface area contributed by atoms with Gasteiger partial charge in [-0.15, -0.1) is 11.8 Å². The Labute approximate surface area is 81.8 Å². The topological polar surface area (TPSA) is 25.8 Å². The molecule has 0 aliphatic carbocycles. The van der Waals surface area contributed by atoms with Crippen LogP contribution in [0.3, 0.4) is 0 Å². The number of halogens is 1. The Morgan fingerprint density at radius 2 is 2.33 bits per heavy atom. The van der Waals surface area contributed by atoms with E-state index in [4.69, 9.17) is 11.6 Å². The van der Waals surface area contributed by atoms with Crippen LogP contribution in [0.25, 0.3) is 0 Å². The summed E-state index contributed by atoms with van der Waals surface area (Å²) in [6.07, 6.45) is 5.71. The first kappa shape index (κ1) is 9.81. The number of hydrogen-bond acceptors (Lipinski definition) is 3. The molecule has 0 saturated heterocycles. The van der Waals surface area contributed by atoms with E-state index in [1.54, 1.807) is 24.2 Å². The van der Waals surface area contributed by atoms with Crippen LogP contribution in [0, 0.1) is 0 Å². The minimum absolute atomic E-state index is 0.469. The van der Waals surface area contributed by atoms with E-state index < -0.39 is 0 Å². The predicted molar refractivity (Wildman–Crippen MR) is 52.7 cm³/mol. The number of aromatic nitrogens is 2. The summed E-state index contributed by atoms with van der Waals surface area (Å²) in [5, 5.41) is 1.38. The highest BCUT2D eigenvalue weighted by molar-refractivity contribution is 7.99. The van der Waals surface area contributed by atoms with Gasteiger partial charge in [0.15, 0.2) is 0 Å². The molecule has 0 aromatic carbocycles. The van der Waals surface area contributed by atoms with Crippen molar-refractivity contribution in [3.63, 3.8) is 0 Å². The fourth-order valence-corrected chi connectivity index (χ4v) is 1.85. The molecule has 0 bridgehead atoms. The summed E-state index contributed by atoms with van der Waals surface area (Å²) < 4.78 is 0. The van der Waals surface area contributed by atoms with Crippen LogP contribution in [0.15, 0.2) is 17.4 Å². The lowest BCUT2D eigenvalue weighted by Gasteiger charge is -1.98. The molecule has 66 valence electrons. The standard InChI is InChI=1S/C8H11ClN2S/c1-2-3-4-12-8-6-10-5-7(9)11-8/h5-6H,2-4H2,1H3. The van der Waals surface area contributed by atoms with Gasteiger partial charge in [0, 0.05) is 0 Å². The van der Waals surface area contributed by atoms with Crippen molar-refractivity contribution in [2.24, 2.45) is 0 Å². The molecule has 4 heteroatoms. The molecule has 0 spiro atoms. The highest BCUT2D eigenvalue weighted by Crippen LogP contribution is 2.17. The Hall–Kier alpha value is -0.280. The van der Waals surface area contributed by atoms with E-state index in [0.717, 1.165) is 10.8 Å². The fraction of sp³-hybridized carbons (Fsp3) is 0.500. The maximum absolute atomic E-state index is 5.67. The normalized spacial score (nSPS) is 10.2. The van der Waals surface area contributed by atoms with Crippen molar-refractivity contribution in [1.29, 1.82) is 0 Å². The zero-order valence-electron chi connectivity index (χ0n) is 6.96. The largest absolute Gasteiger partial charge is 0.259 e. The smallest absolute Gasteiger partial charge is 0.148 e. The van der Waals surface area contributed by atoms with Gasteiger partial charge in [-0.2, -0.15) is 0 Å². The molecule has 0 aliphatic rings. The molecule has 1 aromatic heterocycles. The summed E-state index contributed by atoms with van der Waals surface area (Å²) in [5.74, 6) is 1.09. The molecule has 1 rings (SSSR count). The van der Waals surface area contributed by atoms with Crippen LogP contribution >= 0.6 is 23.4 Å². The zero-order chi connectivity index (χ0) is 8.81. The molecule has 0 amide bonds. The monoisotopic (exact) mass is 202 g/mol. The van der Waals surface area contributed by atoms with E-state index >= 15 is 0 Å². The number of thioether (sulfide) groups is 1. The van der Waals surface area contributed by atoms with E-state index in [1.165, 1.54) is 12.8 Å². The molecule has 1 heterocycles.